The van der Waals surface area contributed by atoms with Crippen molar-refractivity contribution in [2.24, 2.45) is 5.92 Å². The Labute approximate surface area is 361 Å². The van der Waals surface area contributed by atoms with Crippen molar-refractivity contribution >= 4 is 17.9 Å². The molecule has 0 aliphatic carbocycles. The molecule has 0 spiro atoms. The van der Waals surface area contributed by atoms with Gasteiger partial charge in [-0.25, -0.2) is 0 Å². The fraction of sp³-hybridized carbons (Fsp3) is 0.942. The monoisotopic (exact) mass is 821 g/mol. The Bertz CT molecular complexity index is 872. The zero-order valence-corrected chi connectivity index (χ0v) is 39.5. The summed E-state index contributed by atoms with van der Waals surface area (Å²) in [5, 5.41) is 0. The Morgan fingerprint density at radius 1 is 0.328 bits per heavy atom. The van der Waals surface area contributed by atoms with Gasteiger partial charge in [-0.05, 0) is 25.2 Å². The first-order valence-corrected chi connectivity index (χ1v) is 25.9. The van der Waals surface area contributed by atoms with Crippen LogP contribution < -0.4 is 0 Å². The average Bonchev–Trinajstić information content (AvgIpc) is 3.21. The van der Waals surface area contributed by atoms with Crippen LogP contribution in [0.1, 0.15) is 291 Å². The number of ether oxygens (including phenoxy) is 3. The van der Waals surface area contributed by atoms with E-state index in [1.54, 1.807) is 0 Å². The van der Waals surface area contributed by atoms with E-state index in [1.807, 2.05) is 0 Å². The summed E-state index contributed by atoms with van der Waals surface area (Å²) in [6, 6.07) is 0. The first kappa shape index (κ1) is 56.4. The highest BCUT2D eigenvalue weighted by molar-refractivity contribution is 5.71. The highest BCUT2D eigenvalue weighted by Crippen LogP contribution is 2.17. The number of unbranched alkanes of at least 4 members (excludes halogenated alkanes) is 34. The second-order valence-electron chi connectivity index (χ2n) is 18.3. The molecular formula is C52H100O6. The quantitative estimate of drug-likeness (QED) is 0.0346. The van der Waals surface area contributed by atoms with Gasteiger partial charge in [0.15, 0.2) is 6.10 Å². The molecule has 0 aromatic rings. The SMILES string of the molecule is CCCCCCCCCCCCCCCCCCCC(=O)OC[C@@H](COC(=O)CCCCCCCCC)OC(=O)CCCCCCCCCCCCCCCC(C)C. The van der Waals surface area contributed by atoms with Gasteiger partial charge in [-0.2, -0.15) is 0 Å². The first-order chi connectivity index (χ1) is 28.4. The predicted molar refractivity (Wildman–Crippen MR) is 247 cm³/mol. The van der Waals surface area contributed by atoms with E-state index in [-0.39, 0.29) is 31.1 Å². The third-order valence-electron chi connectivity index (χ3n) is 11.8. The van der Waals surface area contributed by atoms with Crippen LogP contribution in [-0.2, 0) is 28.6 Å². The van der Waals surface area contributed by atoms with Gasteiger partial charge in [-0.3, -0.25) is 14.4 Å². The van der Waals surface area contributed by atoms with E-state index in [1.165, 1.54) is 186 Å². The molecule has 0 fully saturated rings. The summed E-state index contributed by atoms with van der Waals surface area (Å²) in [5.41, 5.74) is 0. The van der Waals surface area contributed by atoms with Crippen molar-refractivity contribution in [2.75, 3.05) is 13.2 Å². The normalized spacial score (nSPS) is 11.9. The highest BCUT2D eigenvalue weighted by Gasteiger charge is 2.19. The smallest absolute Gasteiger partial charge is 0.306 e. The van der Waals surface area contributed by atoms with Crippen molar-refractivity contribution in [2.45, 2.75) is 297 Å². The maximum atomic E-state index is 12.8. The maximum Gasteiger partial charge on any atom is 0.306 e. The van der Waals surface area contributed by atoms with E-state index < -0.39 is 6.10 Å². The summed E-state index contributed by atoms with van der Waals surface area (Å²) in [4.78, 5) is 37.8. The van der Waals surface area contributed by atoms with Gasteiger partial charge in [-0.1, -0.05) is 252 Å². The summed E-state index contributed by atoms with van der Waals surface area (Å²) in [5.74, 6) is -0.0129. The third-order valence-corrected chi connectivity index (χ3v) is 11.8. The van der Waals surface area contributed by atoms with Crippen molar-refractivity contribution in [3.63, 3.8) is 0 Å². The number of rotatable bonds is 47. The van der Waals surface area contributed by atoms with Gasteiger partial charge in [0.2, 0.25) is 0 Å². The van der Waals surface area contributed by atoms with E-state index in [4.69, 9.17) is 14.2 Å². The van der Waals surface area contributed by atoms with Crippen LogP contribution in [0.4, 0.5) is 0 Å². The van der Waals surface area contributed by atoms with Crippen molar-refractivity contribution < 1.29 is 28.6 Å². The number of esters is 3. The molecule has 0 aromatic carbocycles. The van der Waals surface area contributed by atoms with Gasteiger partial charge in [0.05, 0.1) is 0 Å². The van der Waals surface area contributed by atoms with Crippen molar-refractivity contribution in [3.05, 3.63) is 0 Å². The molecule has 0 heterocycles. The summed E-state index contributed by atoms with van der Waals surface area (Å²) >= 11 is 0. The Balaban J connectivity index is 4.19. The van der Waals surface area contributed by atoms with Crippen LogP contribution in [0.15, 0.2) is 0 Å². The number of hydrogen-bond acceptors (Lipinski definition) is 6. The lowest BCUT2D eigenvalue weighted by Gasteiger charge is -2.18. The average molecular weight is 821 g/mol. The van der Waals surface area contributed by atoms with Crippen molar-refractivity contribution in [1.82, 2.24) is 0 Å². The summed E-state index contributed by atoms with van der Waals surface area (Å²) < 4.78 is 16.7. The number of carbonyl (C=O) groups is 3. The van der Waals surface area contributed by atoms with Gasteiger partial charge in [0.25, 0.3) is 0 Å². The molecule has 0 amide bonds. The highest BCUT2D eigenvalue weighted by atomic mass is 16.6. The largest absolute Gasteiger partial charge is 0.462 e. The molecule has 0 N–H and O–H groups in total. The minimum atomic E-state index is -0.759. The summed E-state index contributed by atoms with van der Waals surface area (Å²) in [6.07, 6.45) is 48.2. The molecule has 0 aromatic heterocycles. The molecule has 6 nitrogen and oxygen atoms in total. The van der Waals surface area contributed by atoms with Crippen LogP contribution in [-0.4, -0.2) is 37.2 Å². The molecule has 0 radical (unpaired) electrons. The predicted octanol–water partition coefficient (Wildman–Crippen LogP) is 16.7. The molecule has 0 rings (SSSR count). The zero-order chi connectivity index (χ0) is 42.4. The van der Waals surface area contributed by atoms with E-state index in [0.29, 0.717) is 19.3 Å². The molecule has 0 saturated carbocycles. The van der Waals surface area contributed by atoms with Crippen molar-refractivity contribution in [1.29, 1.82) is 0 Å². The number of hydrogen-bond donors (Lipinski definition) is 0. The van der Waals surface area contributed by atoms with Gasteiger partial charge >= 0.3 is 17.9 Å². The molecule has 1 atom stereocenters. The van der Waals surface area contributed by atoms with Crippen LogP contribution in [0, 0.1) is 5.92 Å². The van der Waals surface area contributed by atoms with E-state index in [2.05, 4.69) is 27.7 Å². The van der Waals surface area contributed by atoms with Crippen LogP contribution >= 0.6 is 0 Å². The van der Waals surface area contributed by atoms with Crippen molar-refractivity contribution in [3.8, 4) is 0 Å². The molecule has 0 aliphatic rings. The van der Waals surface area contributed by atoms with Gasteiger partial charge in [-0.15, -0.1) is 0 Å². The lowest BCUT2D eigenvalue weighted by atomic mass is 10.0. The second kappa shape index (κ2) is 46.5. The molecular weight excluding hydrogens is 721 g/mol. The van der Waals surface area contributed by atoms with E-state index in [9.17, 15) is 14.4 Å². The number of carbonyl (C=O) groups excluding carboxylic acids is 3. The summed E-state index contributed by atoms with van der Waals surface area (Å²) in [7, 11) is 0. The van der Waals surface area contributed by atoms with E-state index >= 15 is 0 Å². The van der Waals surface area contributed by atoms with E-state index in [0.717, 1.165) is 63.7 Å². The van der Waals surface area contributed by atoms with Crippen LogP contribution in [0.3, 0.4) is 0 Å². The third kappa shape index (κ3) is 45.5. The Hall–Kier alpha value is -1.59. The zero-order valence-electron chi connectivity index (χ0n) is 39.5. The second-order valence-corrected chi connectivity index (χ2v) is 18.3. The van der Waals surface area contributed by atoms with Gasteiger partial charge in [0, 0.05) is 19.3 Å². The lowest BCUT2D eigenvalue weighted by molar-refractivity contribution is -0.167. The Morgan fingerprint density at radius 2 is 0.569 bits per heavy atom. The molecule has 0 bridgehead atoms. The lowest BCUT2D eigenvalue weighted by Crippen LogP contribution is -2.30. The van der Waals surface area contributed by atoms with Gasteiger partial charge < -0.3 is 14.2 Å². The topological polar surface area (TPSA) is 78.9 Å². The molecule has 58 heavy (non-hydrogen) atoms. The minimum Gasteiger partial charge on any atom is -0.462 e. The fourth-order valence-electron chi connectivity index (χ4n) is 7.86. The molecule has 0 unspecified atom stereocenters. The molecule has 6 heteroatoms. The molecule has 0 saturated heterocycles. The maximum absolute atomic E-state index is 12.8. The van der Waals surface area contributed by atoms with Crippen LogP contribution in [0.5, 0.6) is 0 Å². The standard InChI is InChI=1S/C52H100O6/c1-5-7-9-11-13-14-15-16-17-18-19-22-25-28-32-36-40-44-51(54)57-47-49(46-56-50(53)43-39-35-30-12-10-8-6-2)58-52(55)45-41-37-33-29-26-23-20-21-24-27-31-34-38-42-48(3)4/h48-49H,5-47H2,1-4H3/t49-/m1/s1. The summed E-state index contributed by atoms with van der Waals surface area (Å²) in [6.45, 7) is 9.00. The molecule has 344 valence electrons. The fourth-order valence-corrected chi connectivity index (χ4v) is 7.86. The minimum absolute atomic E-state index is 0.0631. The first-order valence-electron chi connectivity index (χ1n) is 25.9. The van der Waals surface area contributed by atoms with Crippen LogP contribution in [0.25, 0.3) is 0 Å². The van der Waals surface area contributed by atoms with Gasteiger partial charge in [0.1, 0.15) is 13.2 Å². The van der Waals surface area contributed by atoms with Crippen LogP contribution in [0.2, 0.25) is 0 Å². The Morgan fingerprint density at radius 3 is 0.845 bits per heavy atom. The molecule has 0 aliphatic heterocycles. The Kier molecular flexibility index (Phi) is 45.2.